The molecule has 0 aromatic carbocycles. The van der Waals surface area contributed by atoms with Crippen LogP contribution in [-0.2, 0) is 0 Å². The van der Waals surface area contributed by atoms with Gasteiger partial charge in [0.2, 0.25) is 11.8 Å². The summed E-state index contributed by atoms with van der Waals surface area (Å²) < 4.78 is 17.7. The summed E-state index contributed by atoms with van der Waals surface area (Å²) >= 11 is 0. The molecular weight excluding hydrogens is 215 g/mol. The number of amides is 1. The van der Waals surface area contributed by atoms with E-state index in [1.165, 1.54) is 12.1 Å². The summed E-state index contributed by atoms with van der Waals surface area (Å²) in [5.41, 5.74) is -0.0594. The van der Waals surface area contributed by atoms with E-state index in [-0.39, 0.29) is 11.7 Å². The number of aromatic nitrogens is 3. The van der Waals surface area contributed by atoms with Crippen molar-refractivity contribution in [3.8, 4) is 0 Å². The molecule has 2 aromatic rings. The van der Waals surface area contributed by atoms with Crippen LogP contribution in [0.25, 0.3) is 0 Å². The molecule has 0 saturated heterocycles. The van der Waals surface area contributed by atoms with Gasteiger partial charge in [0.05, 0.1) is 0 Å². The van der Waals surface area contributed by atoms with Crippen LogP contribution < -0.4 is 5.32 Å². The zero-order chi connectivity index (χ0) is 11.5. The Hall–Kier alpha value is -2.31. The first-order valence-corrected chi connectivity index (χ1v) is 4.39. The molecule has 0 unspecified atom stereocenters. The lowest BCUT2D eigenvalue weighted by Gasteiger charge is -1.98. The molecule has 0 fully saturated rings. The van der Waals surface area contributed by atoms with Gasteiger partial charge in [0, 0.05) is 6.92 Å². The second-order valence-corrected chi connectivity index (χ2v) is 2.93. The van der Waals surface area contributed by atoms with Crippen molar-refractivity contribution < 1.29 is 13.6 Å². The van der Waals surface area contributed by atoms with Gasteiger partial charge in [0.25, 0.3) is 5.91 Å². The lowest BCUT2D eigenvalue weighted by Crippen LogP contribution is -2.14. The molecule has 6 nitrogen and oxygen atoms in total. The van der Waals surface area contributed by atoms with Crippen molar-refractivity contribution in [3.63, 3.8) is 0 Å². The summed E-state index contributed by atoms with van der Waals surface area (Å²) in [7, 11) is 0. The van der Waals surface area contributed by atoms with E-state index < -0.39 is 11.9 Å². The maximum absolute atomic E-state index is 12.7. The Morgan fingerprint density at radius 2 is 2.25 bits per heavy atom. The molecule has 2 aromatic heterocycles. The molecule has 1 amide bonds. The Kier molecular flexibility index (Phi) is 2.59. The lowest BCUT2D eigenvalue weighted by atomic mass is 10.3. The fourth-order valence-electron chi connectivity index (χ4n) is 1.04. The first-order chi connectivity index (χ1) is 7.65. The van der Waals surface area contributed by atoms with Crippen LogP contribution in [0.4, 0.5) is 10.4 Å². The van der Waals surface area contributed by atoms with Crippen molar-refractivity contribution in [3.05, 3.63) is 35.7 Å². The molecule has 16 heavy (non-hydrogen) atoms. The molecule has 0 radical (unpaired) electrons. The molecule has 7 heteroatoms. The van der Waals surface area contributed by atoms with Gasteiger partial charge < -0.3 is 4.42 Å². The number of nitrogens with one attached hydrogen (secondary N) is 1. The molecule has 0 saturated carbocycles. The Bertz CT molecular complexity index is 526. The molecule has 0 atom stereocenters. The highest BCUT2D eigenvalue weighted by Gasteiger charge is 2.11. The molecule has 2 rings (SSSR count). The summed E-state index contributed by atoms with van der Waals surface area (Å²) in [4.78, 5) is 14.9. The van der Waals surface area contributed by atoms with Gasteiger partial charge in [-0.15, -0.1) is 5.10 Å². The quantitative estimate of drug-likeness (QED) is 0.771. The normalized spacial score (nSPS) is 10.1. The van der Waals surface area contributed by atoms with Gasteiger partial charge in [-0.3, -0.25) is 10.1 Å². The third-order valence-electron chi connectivity index (χ3n) is 1.69. The standard InChI is InChI=1S/C9H7FN4O2/c1-5-13-14-9(16-5)12-8(15)6-3-2-4-7(10)11-6/h2-4H,1H3,(H,12,14,15). The fourth-order valence-corrected chi connectivity index (χ4v) is 1.04. The zero-order valence-electron chi connectivity index (χ0n) is 8.27. The molecule has 0 aliphatic heterocycles. The minimum Gasteiger partial charge on any atom is -0.408 e. The van der Waals surface area contributed by atoms with E-state index in [0.717, 1.165) is 6.07 Å². The van der Waals surface area contributed by atoms with Crippen molar-refractivity contribution in [2.75, 3.05) is 5.32 Å². The van der Waals surface area contributed by atoms with Crippen LogP contribution in [0.2, 0.25) is 0 Å². The largest absolute Gasteiger partial charge is 0.408 e. The molecule has 2 heterocycles. The molecule has 1 N–H and O–H groups in total. The fraction of sp³-hybridized carbons (Fsp3) is 0.111. The maximum atomic E-state index is 12.7. The molecule has 82 valence electrons. The highest BCUT2D eigenvalue weighted by molar-refractivity contribution is 6.01. The molecule has 0 aliphatic rings. The summed E-state index contributed by atoms with van der Waals surface area (Å²) in [5.74, 6) is -1.01. The van der Waals surface area contributed by atoms with Crippen molar-refractivity contribution in [1.82, 2.24) is 15.2 Å². The van der Waals surface area contributed by atoms with Crippen molar-refractivity contribution >= 4 is 11.9 Å². The van der Waals surface area contributed by atoms with E-state index in [4.69, 9.17) is 4.42 Å². The highest BCUT2D eigenvalue weighted by Crippen LogP contribution is 2.06. The van der Waals surface area contributed by atoms with Crippen molar-refractivity contribution in [2.24, 2.45) is 0 Å². The van der Waals surface area contributed by atoms with Crippen molar-refractivity contribution in [1.29, 1.82) is 0 Å². The Balaban J connectivity index is 2.14. The maximum Gasteiger partial charge on any atom is 0.322 e. The van der Waals surface area contributed by atoms with Crippen LogP contribution in [0.15, 0.2) is 22.6 Å². The van der Waals surface area contributed by atoms with E-state index in [9.17, 15) is 9.18 Å². The SMILES string of the molecule is Cc1nnc(NC(=O)c2cccc(F)n2)o1. The monoisotopic (exact) mass is 222 g/mol. The van der Waals surface area contributed by atoms with Gasteiger partial charge in [-0.25, -0.2) is 4.98 Å². The predicted octanol–water partition coefficient (Wildman–Crippen LogP) is 1.16. The highest BCUT2D eigenvalue weighted by atomic mass is 19.1. The zero-order valence-corrected chi connectivity index (χ0v) is 8.27. The molecular formula is C9H7FN4O2. The third-order valence-corrected chi connectivity index (χ3v) is 1.69. The number of hydrogen-bond donors (Lipinski definition) is 1. The first kappa shape index (κ1) is 10.2. The van der Waals surface area contributed by atoms with E-state index in [0.29, 0.717) is 5.89 Å². The van der Waals surface area contributed by atoms with Gasteiger partial charge in [-0.05, 0) is 12.1 Å². The third kappa shape index (κ3) is 2.19. The van der Waals surface area contributed by atoms with Gasteiger partial charge in [-0.1, -0.05) is 11.2 Å². The molecule has 0 spiro atoms. The molecule has 0 aliphatic carbocycles. The number of nitrogens with zero attached hydrogens (tertiary/aromatic N) is 3. The Morgan fingerprint density at radius 3 is 2.88 bits per heavy atom. The smallest absolute Gasteiger partial charge is 0.322 e. The van der Waals surface area contributed by atoms with Crippen LogP contribution >= 0.6 is 0 Å². The average molecular weight is 222 g/mol. The number of carbonyl (C=O) groups excluding carboxylic acids is 1. The van der Waals surface area contributed by atoms with Crippen LogP contribution in [0.5, 0.6) is 0 Å². The summed E-state index contributed by atoms with van der Waals surface area (Å²) in [6, 6.07) is 3.86. The number of aryl methyl sites for hydroxylation is 1. The van der Waals surface area contributed by atoms with Crippen LogP contribution in [-0.4, -0.2) is 21.1 Å². The minimum absolute atomic E-state index is 0.0476. The summed E-state index contributed by atoms with van der Waals surface area (Å²) in [6.45, 7) is 1.59. The first-order valence-electron chi connectivity index (χ1n) is 4.39. The van der Waals surface area contributed by atoms with Crippen molar-refractivity contribution in [2.45, 2.75) is 6.92 Å². The number of rotatable bonds is 2. The van der Waals surface area contributed by atoms with Gasteiger partial charge in [0.1, 0.15) is 5.69 Å². The number of anilines is 1. The minimum atomic E-state index is -0.727. The van der Waals surface area contributed by atoms with Crippen LogP contribution in [0, 0.1) is 12.9 Å². The summed E-state index contributed by atoms with van der Waals surface area (Å²) in [5, 5.41) is 9.39. The second-order valence-electron chi connectivity index (χ2n) is 2.93. The van der Waals surface area contributed by atoms with E-state index in [1.807, 2.05) is 0 Å². The van der Waals surface area contributed by atoms with E-state index >= 15 is 0 Å². The van der Waals surface area contributed by atoms with Crippen LogP contribution in [0.3, 0.4) is 0 Å². The second kappa shape index (κ2) is 4.05. The Labute approximate surface area is 89.5 Å². The van der Waals surface area contributed by atoms with Gasteiger partial charge in [0.15, 0.2) is 0 Å². The van der Waals surface area contributed by atoms with Gasteiger partial charge in [-0.2, -0.15) is 4.39 Å². The number of hydrogen-bond acceptors (Lipinski definition) is 5. The molecule has 0 bridgehead atoms. The summed E-state index contributed by atoms with van der Waals surface area (Å²) in [6.07, 6.45) is 0. The van der Waals surface area contributed by atoms with Gasteiger partial charge >= 0.3 is 6.01 Å². The van der Waals surface area contributed by atoms with E-state index in [2.05, 4.69) is 20.5 Å². The van der Waals surface area contributed by atoms with E-state index in [1.54, 1.807) is 6.92 Å². The Morgan fingerprint density at radius 1 is 1.44 bits per heavy atom. The number of pyridine rings is 1. The number of halogens is 1. The number of carbonyl (C=O) groups is 1. The average Bonchev–Trinajstić information content (AvgIpc) is 2.64. The van der Waals surface area contributed by atoms with Crippen LogP contribution in [0.1, 0.15) is 16.4 Å². The lowest BCUT2D eigenvalue weighted by molar-refractivity contribution is 0.101. The predicted molar refractivity (Wildman–Crippen MR) is 51.2 cm³/mol. The topological polar surface area (TPSA) is 80.9 Å².